The molecule has 2 saturated heterocycles. The number of aromatic nitrogens is 2. The Hall–Kier alpha value is -5.19. The molecule has 1 aromatic carbocycles. The van der Waals surface area contributed by atoms with Crippen LogP contribution in [0.4, 0.5) is 4.79 Å². The number of carboxylic acid groups (broad SMARTS) is 2. The number of amides is 4. The van der Waals surface area contributed by atoms with Gasteiger partial charge in [0, 0.05) is 51.6 Å². The number of hydrogen-bond donors (Lipinski definition) is 4. The van der Waals surface area contributed by atoms with E-state index in [-0.39, 0.29) is 63.7 Å². The Morgan fingerprint density at radius 2 is 1.70 bits per heavy atom. The zero-order chi connectivity index (χ0) is 33.4. The van der Waals surface area contributed by atoms with Crippen molar-refractivity contribution in [3.8, 4) is 11.6 Å². The fraction of sp³-hybridized carbons (Fsp3) is 0.483. The molecule has 0 bridgehead atoms. The number of carboxylic acids is 2. The molecule has 1 aromatic heterocycles. The van der Waals surface area contributed by atoms with Crippen LogP contribution in [0, 0.1) is 0 Å². The minimum Gasteiger partial charge on any atom is -0.481 e. The molecule has 46 heavy (non-hydrogen) atoms. The van der Waals surface area contributed by atoms with Gasteiger partial charge in [0.05, 0.1) is 18.4 Å². The van der Waals surface area contributed by atoms with Crippen molar-refractivity contribution in [2.75, 3.05) is 45.9 Å². The van der Waals surface area contributed by atoms with Gasteiger partial charge in [0.2, 0.25) is 11.8 Å². The van der Waals surface area contributed by atoms with E-state index in [4.69, 9.17) is 9.47 Å². The number of para-hydroxylation sites is 1. The first kappa shape index (κ1) is 33.7. The summed E-state index contributed by atoms with van der Waals surface area (Å²) in [6.07, 6.45) is -2.22. The summed E-state index contributed by atoms with van der Waals surface area (Å²) >= 11 is 0. The van der Waals surface area contributed by atoms with Gasteiger partial charge in [-0.15, -0.1) is 0 Å². The lowest BCUT2D eigenvalue weighted by molar-refractivity contribution is -0.149. The van der Waals surface area contributed by atoms with E-state index in [1.54, 1.807) is 37.3 Å². The number of ether oxygens (including phenoxy) is 2. The van der Waals surface area contributed by atoms with Crippen LogP contribution < -0.4 is 10.1 Å². The number of nitrogens with one attached hydrogen (secondary N) is 1. The predicted molar refractivity (Wildman–Crippen MR) is 156 cm³/mol. The van der Waals surface area contributed by atoms with Crippen LogP contribution in [0.2, 0.25) is 0 Å². The summed E-state index contributed by atoms with van der Waals surface area (Å²) in [5.41, 5.74) is 0.258. The molecule has 2 aliphatic rings. The van der Waals surface area contributed by atoms with Crippen LogP contribution in [-0.4, -0.2) is 140 Å². The zero-order valence-electron chi connectivity index (χ0n) is 25.1. The number of nitrogens with zero attached hydrogens (tertiary/aromatic N) is 5. The lowest BCUT2D eigenvalue weighted by atomic mass is 10.1. The molecule has 0 aliphatic carbocycles. The maximum absolute atomic E-state index is 13.4. The average Bonchev–Trinajstić information content (AvgIpc) is 3.66. The Morgan fingerprint density at radius 3 is 2.33 bits per heavy atom. The minimum absolute atomic E-state index is 0.0418. The van der Waals surface area contributed by atoms with Crippen molar-refractivity contribution in [1.82, 2.24) is 29.8 Å². The molecule has 4 rings (SSSR count). The molecule has 17 heteroatoms. The average molecular weight is 645 g/mol. The summed E-state index contributed by atoms with van der Waals surface area (Å²) in [5, 5.41) is 35.4. The second kappa shape index (κ2) is 15.2. The molecule has 3 atom stereocenters. The number of aliphatic hydroxyl groups excluding tert-OH is 1. The van der Waals surface area contributed by atoms with Gasteiger partial charge in [-0.1, -0.05) is 18.2 Å². The third-order valence-corrected chi connectivity index (χ3v) is 7.51. The van der Waals surface area contributed by atoms with Crippen LogP contribution in [-0.2, 0) is 23.9 Å². The summed E-state index contributed by atoms with van der Waals surface area (Å²) in [6.45, 7) is 1.82. The normalized spacial score (nSPS) is 18.5. The second-order valence-electron chi connectivity index (χ2n) is 10.7. The van der Waals surface area contributed by atoms with Crippen LogP contribution >= 0.6 is 0 Å². The number of carbonyl (C=O) groups excluding carboxylic acids is 4. The molecular weight excluding hydrogens is 608 g/mol. The summed E-state index contributed by atoms with van der Waals surface area (Å²) in [6, 6.07) is 7.29. The van der Waals surface area contributed by atoms with Crippen LogP contribution in [0.5, 0.6) is 5.88 Å². The van der Waals surface area contributed by atoms with Gasteiger partial charge in [-0.05, 0) is 25.5 Å². The van der Waals surface area contributed by atoms with E-state index in [1.807, 2.05) is 0 Å². The third kappa shape index (κ3) is 8.29. The number of β-amino-alcohol motifs (C(OH)–C–C–N with tert-alkyl or cyclic N) is 1. The van der Waals surface area contributed by atoms with Crippen LogP contribution in [0.15, 0.2) is 36.4 Å². The fourth-order valence-corrected chi connectivity index (χ4v) is 5.18. The van der Waals surface area contributed by atoms with E-state index >= 15 is 0 Å². The Labute approximate surface area is 263 Å². The number of benzene rings is 1. The van der Waals surface area contributed by atoms with Gasteiger partial charge >= 0.3 is 18.0 Å². The maximum atomic E-state index is 13.4. The topological polar surface area (TPSA) is 221 Å². The van der Waals surface area contributed by atoms with Gasteiger partial charge in [-0.25, -0.2) is 14.3 Å². The number of piperazine rings is 1. The molecule has 2 fully saturated rings. The van der Waals surface area contributed by atoms with E-state index in [1.165, 1.54) is 20.5 Å². The van der Waals surface area contributed by atoms with Gasteiger partial charge in [0.25, 0.3) is 11.8 Å². The van der Waals surface area contributed by atoms with Crippen LogP contribution in [0.25, 0.3) is 5.69 Å². The Bertz CT molecular complexity index is 1440. The molecular formula is C29H36N6O11. The van der Waals surface area contributed by atoms with Gasteiger partial charge in [0.15, 0.2) is 12.3 Å². The highest BCUT2D eigenvalue weighted by atomic mass is 16.6. The summed E-state index contributed by atoms with van der Waals surface area (Å²) in [7, 11) is 0. The molecule has 2 aliphatic heterocycles. The first-order valence-electron chi connectivity index (χ1n) is 14.7. The number of likely N-dealkylation sites (tertiary alicyclic amines) is 1. The van der Waals surface area contributed by atoms with Crippen molar-refractivity contribution in [2.24, 2.45) is 0 Å². The number of carbonyl (C=O) groups is 6. The smallest absolute Gasteiger partial charge is 0.409 e. The summed E-state index contributed by atoms with van der Waals surface area (Å²) in [5.74, 6) is -4.50. The summed E-state index contributed by atoms with van der Waals surface area (Å²) in [4.78, 5) is 78.5. The molecule has 0 saturated carbocycles. The highest BCUT2D eigenvalue weighted by Crippen LogP contribution is 2.22. The lowest BCUT2D eigenvalue weighted by Crippen LogP contribution is -2.56. The number of hydrogen-bond acceptors (Lipinski definition) is 10. The SMILES string of the molecule is CCOC(=O)N1CCN(C(=O)C(CCC(=O)O)NC(=O)c2cc(OCC(=O)N3C[C@H](O)C[C@@H]3C(=O)O)n(-c3ccccc3)n2)CC1. The number of rotatable bonds is 12. The number of aliphatic carboxylic acids is 2. The van der Waals surface area contributed by atoms with E-state index in [2.05, 4.69) is 10.4 Å². The van der Waals surface area contributed by atoms with Crippen molar-refractivity contribution in [1.29, 1.82) is 0 Å². The minimum atomic E-state index is -1.26. The molecule has 2 aromatic rings. The van der Waals surface area contributed by atoms with Gasteiger partial charge < -0.3 is 44.8 Å². The van der Waals surface area contributed by atoms with Crippen LogP contribution in [0.1, 0.15) is 36.7 Å². The van der Waals surface area contributed by atoms with E-state index < -0.39 is 67.0 Å². The first-order chi connectivity index (χ1) is 22.0. The largest absolute Gasteiger partial charge is 0.481 e. The van der Waals surface area contributed by atoms with Gasteiger partial charge in [-0.3, -0.25) is 19.2 Å². The molecule has 248 valence electrons. The Kier molecular flexibility index (Phi) is 11.1. The molecule has 4 amide bonds. The Balaban J connectivity index is 1.50. The monoisotopic (exact) mass is 644 g/mol. The first-order valence-corrected chi connectivity index (χ1v) is 14.7. The van der Waals surface area contributed by atoms with Crippen molar-refractivity contribution in [2.45, 2.75) is 44.4 Å². The highest BCUT2D eigenvalue weighted by molar-refractivity contribution is 5.96. The number of aliphatic hydroxyl groups is 1. The summed E-state index contributed by atoms with van der Waals surface area (Å²) < 4.78 is 11.9. The molecule has 17 nitrogen and oxygen atoms in total. The van der Waals surface area contributed by atoms with Crippen molar-refractivity contribution >= 4 is 35.8 Å². The zero-order valence-corrected chi connectivity index (χ0v) is 25.1. The van der Waals surface area contributed by atoms with Crippen LogP contribution in [0.3, 0.4) is 0 Å². The Morgan fingerprint density at radius 1 is 1.02 bits per heavy atom. The van der Waals surface area contributed by atoms with E-state index in [0.29, 0.717) is 5.69 Å². The van der Waals surface area contributed by atoms with Crippen molar-refractivity contribution in [3.05, 3.63) is 42.1 Å². The quantitative estimate of drug-likeness (QED) is 0.231. The fourth-order valence-electron chi connectivity index (χ4n) is 5.18. The molecule has 3 heterocycles. The predicted octanol–water partition coefficient (Wildman–Crippen LogP) is -0.439. The van der Waals surface area contributed by atoms with Gasteiger partial charge in [-0.2, -0.15) is 5.10 Å². The van der Waals surface area contributed by atoms with E-state index in [0.717, 1.165) is 4.90 Å². The van der Waals surface area contributed by atoms with Gasteiger partial charge in [0.1, 0.15) is 12.1 Å². The molecule has 4 N–H and O–H groups in total. The molecule has 1 unspecified atom stereocenters. The lowest BCUT2D eigenvalue weighted by Gasteiger charge is -2.35. The molecule has 0 radical (unpaired) electrons. The highest BCUT2D eigenvalue weighted by Gasteiger charge is 2.39. The molecule has 0 spiro atoms. The van der Waals surface area contributed by atoms with Crippen molar-refractivity contribution < 1.29 is 53.6 Å². The third-order valence-electron chi connectivity index (χ3n) is 7.51. The van der Waals surface area contributed by atoms with E-state index in [9.17, 15) is 44.1 Å². The van der Waals surface area contributed by atoms with Crippen molar-refractivity contribution in [3.63, 3.8) is 0 Å². The standard InChI is InChI=1S/C29H36N6O11/c1-2-45-29(44)33-12-10-32(11-13-33)27(41)20(8-9-25(38)39)30-26(40)21-15-24(35(31-21)18-6-4-3-5-7-18)46-17-23(37)34-16-19(36)14-22(34)28(42)43/h3-7,15,19-20,22,36H,2,8-14,16-17H2,1H3,(H,30,40)(H,38,39)(H,42,43)/t19-,20?,22-/m1/s1. The second-order valence-corrected chi connectivity index (χ2v) is 10.7. The maximum Gasteiger partial charge on any atom is 0.409 e.